The molecule has 92 valence electrons. The van der Waals surface area contributed by atoms with Gasteiger partial charge in [-0.25, -0.2) is 0 Å². The third-order valence-electron chi connectivity index (χ3n) is 2.16. The van der Waals surface area contributed by atoms with Crippen LogP contribution in [-0.4, -0.2) is 43.8 Å². The first-order valence-corrected chi connectivity index (χ1v) is 5.49. The lowest BCUT2D eigenvalue weighted by Gasteiger charge is -2.21. The normalized spacial score (nSPS) is 12.4. The molecule has 0 saturated heterocycles. The van der Waals surface area contributed by atoms with Crippen LogP contribution in [0.2, 0.25) is 0 Å². The van der Waals surface area contributed by atoms with Gasteiger partial charge in [0.05, 0.1) is 6.54 Å². The van der Waals surface area contributed by atoms with E-state index >= 15 is 0 Å². The Kier molecular flexibility index (Phi) is 7.78. The third kappa shape index (κ3) is 10.0. The highest BCUT2D eigenvalue weighted by Gasteiger charge is 2.29. The second-order valence-corrected chi connectivity index (χ2v) is 3.59. The van der Waals surface area contributed by atoms with E-state index in [2.05, 4.69) is 12.2 Å². The van der Waals surface area contributed by atoms with Crippen LogP contribution >= 0.6 is 0 Å². The molecule has 0 spiro atoms. The van der Waals surface area contributed by atoms with Crippen molar-refractivity contribution in [3.8, 4) is 0 Å². The lowest BCUT2D eigenvalue weighted by Crippen LogP contribution is -2.38. The predicted molar refractivity (Wildman–Crippen MR) is 55.9 cm³/mol. The zero-order valence-corrected chi connectivity index (χ0v) is 9.53. The summed E-state index contributed by atoms with van der Waals surface area (Å²) in [5.41, 5.74) is 0. The highest BCUT2D eigenvalue weighted by Crippen LogP contribution is 2.15. The summed E-state index contributed by atoms with van der Waals surface area (Å²) in [5, 5.41) is 3.13. The maximum absolute atomic E-state index is 12.1. The molecular weight excluding hydrogens is 205 g/mol. The van der Waals surface area contributed by atoms with Gasteiger partial charge in [0, 0.05) is 13.1 Å². The Hall–Kier alpha value is -0.290. The molecule has 0 aliphatic carbocycles. The van der Waals surface area contributed by atoms with E-state index in [1.807, 2.05) is 0 Å². The molecule has 0 rings (SSSR count). The minimum absolute atomic E-state index is 0.439. The van der Waals surface area contributed by atoms with E-state index in [1.54, 1.807) is 6.92 Å². The number of nitrogens with zero attached hydrogens (tertiary/aromatic N) is 1. The summed E-state index contributed by atoms with van der Waals surface area (Å²) in [5.74, 6) is 0. The Morgan fingerprint density at radius 1 is 1.13 bits per heavy atom. The lowest BCUT2D eigenvalue weighted by molar-refractivity contribution is -0.145. The summed E-state index contributed by atoms with van der Waals surface area (Å²) in [6.07, 6.45) is -1.90. The standard InChI is InChI=1S/C10H21F3N2/c1-3-5-6-14-7-8-15(4-2)9-10(11,12)13/h14H,3-9H2,1-2H3. The van der Waals surface area contributed by atoms with E-state index in [9.17, 15) is 13.2 Å². The molecule has 0 aliphatic rings. The molecule has 0 fully saturated rings. The van der Waals surface area contributed by atoms with Crippen molar-refractivity contribution in [2.75, 3.05) is 32.7 Å². The molecule has 2 nitrogen and oxygen atoms in total. The van der Waals surface area contributed by atoms with Gasteiger partial charge in [0.15, 0.2) is 0 Å². The van der Waals surface area contributed by atoms with Gasteiger partial charge in [-0.2, -0.15) is 13.2 Å². The van der Waals surface area contributed by atoms with Crippen LogP contribution in [-0.2, 0) is 0 Å². The Balaban J connectivity index is 3.53. The number of hydrogen-bond acceptors (Lipinski definition) is 2. The average molecular weight is 226 g/mol. The number of likely N-dealkylation sites (N-methyl/N-ethyl adjacent to an activating group) is 1. The van der Waals surface area contributed by atoms with Gasteiger partial charge in [0.1, 0.15) is 0 Å². The molecule has 1 N–H and O–H groups in total. The van der Waals surface area contributed by atoms with Gasteiger partial charge in [-0.1, -0.05) is 20.3 Å². The lowest BCUT2D eigenvalue weighted by atomic mass is 10.3. The fraction of sp³-hybridized carbons (Fsp3) is 1.00. The van der Waals surface area contributed by atoms with Gasteiger partial charge < -0.3 is 5.32 Å². The van der Waals surface area contributed by atoms with Crippen molar-refractivity contribution in [2.24, 2.45) is 0 Å². The number of rotatable bonds is 8. The number of hydrogen-bond donors (Lipinski definition) is 1. The monoisotopic (exact) mass is 226 g/mol. The maximum Gasteiger partial charge on any atom is 0.401 e. The minimum atomic E-state index is -4.08. The second kappa shape index (κ2) is 7.93. The predicted octanol–water partition coefficient (Wildman–Crippen LogP) is 2.26. The van der Waals surface area contributed by atoms with Crippen LogP contribution in [0, 0.1) is 0 Å². The van der Waals surface area contributed by atoms with Crippen LogP contribution < -0.4 is 5.32 Å². The van der Waals surface area contributed by atoms with Gasteiger partial charge in [-0.3, -0.25) is 4.90 Å². The largest absolute Gasteiger partial charge is 0.401 e. The van der Waals surface area contributed by atoms with E-state index in [0.29, 0.717) is 19.6 Å². The van der Waals surface area contributed by atoms with Crippen molar-refractivity contribution in [1.82, 2.24) is 10.2 Å². The van der Waals surface area contributed by atoms with E-state index < -0.39 is 12.7 Å². The third-order valence-corrected chi connectivity index (χ3v) is 2.16. The maximum atomic E-state index is 12.1. The van der Waals surface area contributed by atoms with Gasteiger partial charge >= 0.3 is 6.18 Å². The smallest absolute Gasteiger partial charge is 0.315 e. The summed E-state index contributed by atoms with van der Waals surface area (Å²) < 4.78 is 36.2. The van der Waals surface area contributed by atoms with Crippen LogP contribution in [0.15, 0.2) is 0 Å². The Morgan fingerprint density at radius 2 is 1.80 bits per heavy atom. The molecule has 0 bridgehead atoms. The van der Waals surface area contributed by atoms with Crippen LogP contribution in [0.3, 0.4) is 0 Å². The quantitative estimate of drug-likeness (QED) is 0.639. The summed E-state index contributed by atoms with van der Waals surface area (Å²) in [4.78, 5) is 1.40. The second-order valence-electron chi connectivity index (χ2n) is 3.59. The number of halogens is 3. The number of nitrogens with one attached hydrogen (secondary N) is 1. The SMILES string of the molecule is CCCCNCCN(CC)CC(F)(F)F. The number of unbranched alkanes of at least 4 members (excludes halogenated alkanes) is 1. The van der Waals surface area contributed by atoms with Crippen molar-refractivity contribution in [3.05, 3.63) is 0 Å². The van der Waals surface area contributed by atoms with Gasteiger partial charge in [-0.05, 0) is 19.5 Å². The van der Waals surface area contributed by atoms with Crippen molar-refractivity contribution < 1.29 is 13.2 Å². The Bertz CT molecular complexity index is 148. The van der Waals surface area contributed by atoms with Crippen molar-refractivity contribution in [2.45, 2.75) is 32.9 Å². The number of alkyl halides is 3. The van der Waals surface area contributed by atoms with E-state index in [1.165, 1.54) is 4.90 Å². The van der Waals surface area contributed by atoms with Gasteiger partial charge in [-0.15, -0.1) is 0 Å². The highest BCUT2D eigenvalue weighted by molar-refractivity contribution is 4.63. The first-order chi connectivity index (χ1) is 6.99. The Labute approximate surface area is 89.8 Å². The molecule has 5 heteroatoms. The summed E-state index contributed by atoms with van der Waals surface area (Å²) in [6.45, 7) is 5.44. The first kappa shape index (κ1) is 14.7. The summed E-state index contributed by atoms with van der Waals surface area (Å²) in [6, 6.07) is 0. The molecule has 15 heavy (non-hydrogen) atoms. The topological polar surface area (TPSA) is 15.3 Å². The molecule has 0 saturated carbocycles. The molecule has 0 amide bonds. The highest BCUT2D eigenvalue weighted by atomic mass is 19.4. The molecule has 0 heterocycles. The molecule has 0 aromatic carbocycles. The zero-order valence-electron chi connectivity index (χ0n) is 9.53. The zero-order chi connectivity index (χ0) is 11.7. The van der Waals surface area contributed by atoms with Crippen LogP contribution in [0.1, 0.15) is 26.7 Å². The molecular formula is C10H21F3N2. The van der Waals surface area contributed by atoms with Crippen molar-refractivity contribution in [1.29, 1.82) is 0 Å². The van der Waals surface area contributed by atoms with Crippen molar-refractivity contribution in [3.63, 3.8) is 0 Å². The summed E-state index contributed by atoms with van der Waals surface area (Å²) in [7, 11) is 0. The van der Waals surface area contributed by atoms with Crippen LogP contribution in [0.4, 0.5) is 13.2 Å². The van der Waals surface area contributed by atoms with Crippen LogP contribution in [0.25, 0.3) is 0 Å². The van der Waals surface area contributed by atoms with Crippen LogP contribution in [0.5, 0.6) is 0 Å². The van der Waals surface area contributed by atoms with Gasteiger partial charge in [0.2, 0.25) is 0 Å². The molecule has 0 radical (unpaired) electrons. The van der Waals surface area contributed by atoms with E-state index in [0.717, 1.165) is 19.4 Å². The Morgan fingerprint density at radius 3 is 2.27 bits per heavy atom. The fourth-order valence-corrected chi connectivity index (χ4v) is 1.27. The fourth-order valence-electron chi connectivity index (χ4n) is 1.27. The van der Waals surface area contributed by atoms with Crippen molar-refractivity contribution >= 4 is 0 Å². The molecule has 0 aromatic rings. The van der Waals surface area contributed by atoms with E-state index in [4.69, 9.17) is 0 Å². The first-order valence-electron chi connectivity index (χ1n) is 5.49. The molecule has 0 unspecified atom stereocenters. The van der Waals surface area contributed by atoms with Gasteiger partial charge in [0.25, 0.3) is 0 Å². The molecule has 0 aliphatic heterocycles. The molecule has 0 atom stereocenters. The minimum Gasteiger partial charge on any atom is -0.315 e. The molecule has 0 aromatic heterocycles. The summed E-state index contributed by atoms with van der Waals surface area (Å²) >= 11 is 0. The average Bonchev–Trinajstić information content (AvgIpc) is 2.14. The van der Waals surface area contributed by atoms with E-state index in [-0.39, 0.29) is 0 Å².